The molecule has 0 aromatic rings. The lowest BCUT2D eigenvalue weighted by Gasteiger charge is -2.39. The van der Waals surface area contributed by atoms with Gasteiger partial charge in [0.2, 0.25) is 0 Å². The Morgan fingerprint density at radius 3 is 2.42 bits per heavy atom. The summed E-state index contributed by atoms with van der Waals surface area (Å²) in [4.78, 5) is 5.19. The summed E-state index contributed by atoms with van der Waals surface area (Å²) < 4.78 is 5.75. The molecule has 0 aromatic carbocycles. The van der Waals surface area contributed by atoms with Crippen molar-refractivity contribution in [3.8, 4) is 0 Å². The van der Waals surface area contributed by atoms with E-state index in [9.17, 15) is 0 Å². The van der Waals surface area contributed by atoms with E-state index in [0.717, 1.165) is 25.6 Å². The Kier molecular flexibility index (Phi) is 7.33. The summed E-state index contributed by atoms with van der Waals surface area (Å²) in [5.74, 6) is 0.893. The van der Waals surface area contributed by atoms with Crippen LogP contribution < -0.4 is 0 Å². The van der Waals surface area contributed by atoms with Gasteiger partial charge in [-0.1, -0.05) is 20.8 Å². The largest absolute Gasteiger partial charge is 0.373 e. The van der Waals surface area contributed by atoms with Crippen LogP contribution in [0.25, 0.3) is 0 Å². The molecule has 19 heavy (non-hydrogen) atoms. The van der Waals surface area contributed by atoms with Crippen LogP contribution in [-0.2, 0) is 4.74 Å². The van der Waals surface area contributed by atoms with E-state index in [1.54, 1.807) is 0 Å². The topological polar surface area (TPSA) is 15.7 Å². The van der Waals surface area contributed by atoms with E-state index in [1.807, 2.05) is 13.8 Å². The number of rotatable bonds is 3. The molecule has 0 amide bonds. The monoisotopic (exact) mass is 270 g/mol. The molecule has 0 aliphatic carbocycles. The van der Waals surface area contributed by atoms with E-state index in [-0.39, 0.29) is 5.60 Å². The highest BCUT2D eigenvalue weighted by atomic mass is 16.5. The molecule has 0 saturated carbocycles. The van der Waals surface area contributed by atoms with E-state index in [0.29, 0.717) is 0 Å². The van der Waals surface area contributed by atoms with Crippen molar-refractivity contribution in [2.45, 2.75) is 53.1 Å². The molecule has 2 heterocycles. The Balaban J connectivity index is 0.000000861. The number of morpholine rings is 1. The Hall–Kier alpha value is -0.120. The first-order valence-corrected chi connectivity index (χ1v) is 8.14. The van der Waals surface area contributed by atoms with Gasteiger partial charge >= 0.3 is 0 Å². The summed E-state index contributed by atoms with van der Waals surface area (Å²) in [5.41, 5.74) is 0.0490. The van der Waals surface area contributed by atoms with Crippen molar-refractivity contribution in [3.63, 3.8) is 0 Å². The number of nitrogens with zero attached hydrogens (tertiary/aromatic N) is 2. The van der Waals surface area contributed by atoms with Crippen molar-refractivity contribution in [3.05, 3.63) is 0 Å². The molecular weight excluding hydrogens is 236 g/mol. The second kappa shape index (κ2) is 8.23. The van der Waals surface area contributed by atoms with Crippen LogP contribution in [0.2, 0.25) is 0 Å². The van der Waals surface area contributed by atoms with Crippen LogP contribution in [0.3, 0.4) is 0 Å². The Labute approximate surface area is 120 Å². The molecule has 2 aliphatic rings. The summed E-state index contributed by atoms with van der Waals surface area (Å²) in [6.45, 7) is 18.9. The highest BCUT2D eigenvalue weighted by molar-refractivity contribution is 4.80. The molecule has 0 bridgehead atoms. The quantitative estimate of drug-likeness (QED) is 0.784. The zero-order valence-corrected chi connectivity index (χ0v) is 13.7. The number of ether oxygens (including phenoxy) is 1. The van der Waals surface area contributed by atoms with Gasteiger partial charge in [0.05, 0.1) is 12.2 Å². The van der Waals surface area contributed by atoms with Crippen LogP contribution in [0.1, 0.15) is 47.5 Å². The van der Waals surface area contributed by atoms with Crippen LogP contribution in [0, 0.1) is 5.92 Å². The zero-order chi connectivity index (χ0) is 14.3. The fraction of sp³-hybridized carbons (Fsp3) is 1.00. The van der Waals surface area contributed by atoms with Gasteiger partial charge in [-0.15, -0.1) is 0 Å². The van der Waals surface area contributed by atoms with Crippen LogP contribution >= 0.6 is 0 Å². The lowest BCUT2D eigenvalue weighted by Crippen LogP contribution is -2.50. The Morgan fingerprint density at radius 2 is 1.79 bits per heavy atom. The van der Waals surface area contributed by atoms with Crippen LogP contribution in [0.15, 0.2) is 0 Å². The summed E-state index contributed by atoms with van der Waals surface area (Å²) in [6, 6.07) is 0. The molecule has 0 aromatic heterocycles. The number of likely N-dealkylation sites (tertiary alicyclic amines) is 1. The summed E-state index contributed by atoms with van der Waals surface area (Å²) in [6.07, 6.45) is 2.80. The van der Waals surface area contributed by atoms with Crippen molar-refractivity contribution in [1.82, 2.24) is 9.80 Å². The molecular formula is C16H34N2O. The second-order valence-corrected chi connectivity index (χ2v) is 6.43. The maximum atomic E-state index is 5.75. The summed E-state index contributed by atoms with van der Waals surface area (Å²) in [7, 11) is 0. The fourth-order valence-corrected chi connectivity index (χ4v) is 3.08. The van der Waals surface area contributed by atoms with E-state index in [1.165, 1.54) is 39.0 Å². The van der Waals surface area contributed by atoms with Crippen molar-refractivity contribution in [2.24, 2.45) is 5.92 Å². The highest BCUT2D eigenvalue weighted by Crippen LogP contribution is 2.18. The minimum atomic E-state index is 0.0490. The minimum absolute atomic E-state index is 0.0490. The molecule has 0 spiro atoms. The Morgan fingerprint density at radius 1 is 1.11 bits per heavy atom. The minimum Gasteiger partial charge on any atom is -0.373 e. The number of piperidine rings is 1. The van der Waals surface area contributed by atoms with Gasteiger partial charge in [-0.2, -0.15) is 0 Å². The molecule has 3 heteroatoms. The maximum Gasteiger partial charge on any atom is 0.0753 e. The van der Waals surface area contributed by atoms with Gasteiger partial charge in [0, 0.05) is 32.7 Å². The third-order valence-electron chi connectivity index (χ3n) is 3.98. The first kappa shape index (κ1) is 16.9. The van der Waals surface area contributed by atoms with Crippen molar-refractivity contribution < 1.29 is 4.74 Å². The van der Waals surface area contributed by atoms with Crippen molar-refractivity contribution in [1.29, 1.82) is 0 Å². The molecule has 0 N–H and O–H groups in total. The molecule has 2 rings (SSSR count). The Bertz CT molecular complexity index is 243. The van der Waals surface area contributed by atoms with E-state index >= 15 is 0 Å². The van der Waals surface area contributed by atoms with Gasteiger partial charge in [-0.05, 0) is 39.2 Å². The zero-order valence-electron chi connectivity index (χ0n) is 13.7. The highest BCUT2D eigenvalue weighted by Gasteiger charge is 2.27. The van der Waals surface area contributed by atoms with Gasteiger partial charge in [-0.25, -0.2) is 0 Å². The fourth-order valence-electron chi connectivity index (χ4n) is 3.08. The molecule has 114 valence electrons. The lowest BCUT2D eigenvalue weighted by molar-refractivity contribution is -0.0874. The molecule has 3 nitrogen and oxygen atoms in total. The molecule has 1 atom stereocenters. The smallest absolute Gasteiger partial charge is 0.0753 e. The maximum absolute atomic E-state index is 5.75. The van der Waals surface area contributed by atoms with Crippen LogP contribution in [0.4, 0.5) is 0 Å². The predicted octanol–water partition coefficient (Wildman–Crippen LogP) is 2.86. The average Bonchev–Trinajstić information content (AvgIpc) is 2.38. The second-order valence-electron chi connectivity index (χ2n) is 6.43. The first-order valence-electron chi connectivity index (χ1n) is 8.14. The van der Waals surface area contributed by atoms with Gasteiger partial charge in [0.25, 0.3) is 0 Å². The third-order valence-corrected chi connectivity index (χ3v) is 3.98. The van der Waals surface area contributed by atoms with Crippen LogP contribution in [0.5, 0.6) is 0 Å². The lowest BCUT2D eigenvalue weighted by atomic mass is 10.0. The number of hydrogen-bond donors (Lipinski definition) is 0. The van der Waals surface area contributed by atoms with Gasteiger partial charge in [-0.3, -0.25) is 4.90 Å². The molecule has 0 radical (unpaired) electrons. The van der Waals surface area contributed by atoms with E-state index < -0.39 is 0 Å². The van der Waals surface area contributed by atoms with Gasteiger partial charge in [0.1, 0.15) is 0 Å². The van der Waals surface area contributed by atoms with E-state index in [4.69, 9.17) is 4.74 Å². The normalized spacial score (nSPS) is 28.6. The molecule has 0 unspecified atom stereocenters. The molecule has 2 saturated heterocycles. The van der Waals surface area contributed by atoms with Gasteiger partial charge < -0.3 is 9.64 Å². The van der Waals surface area contributed by atoms with Gasteiger partial charge in [0.15, 0.2) is 0 Å². The number of hydrogen-bond acceptors (Lipinski definition) is 3. The molecule has 2 fully saturated rings. The average molecular weight is 270 g/mol. The summed E-state index contributed by atoms with van der Waals surface area (Å²) in [5, 5.41) is 0. The third kappa shape index (κ3) is 6.24. The van der Waals surface area contributed by atoms with Crippen molar-refractivity contribution >= 4 is 0 Å². The first-order chi connectivity index (χ1) is 9.05. The summed E-state index contributed by atoms with van der Waals surface area (Å²) >= 11 is 0. The van der Waals surface area contributed by atoms with Crippen LogP contribution in [-0.4, -0.2) is 61.3 Å². The SMILES string of the molecule is CC.C[C@@H]1CCCN(CCN2CCOC(C)(C)C2)C1. The van der Waals surface area contributed by atoms with E-state index in [2.05, 4.69) is 30.6 Å². The molecule has 2 aliphatic heterocycles. The van der Waals surface area contributed by atoms with Crippen molar-refractivity contribution in [2.75, 3.05) is 45.9 Å². The standard InChI is InChI=1S/C14H28N2O.C2H6/c1-13-5-4-6-15(11-13)7-8-16-9-10-17-14(2,3)12-16;1-2/h13H,4-12H2,1-3H3;1-2H3/t13-;/m1./s1. The predicted molar refractivity (Wildman–Crippen MR) is 82.7 cm³/mol.